The van der Waals surface area contributed by atoms with Crippen LogP contribution in [0.25, 0.3) is 11.1 Å². The molecule has 2 aromatic rings. The number of benzene rings is 2. The molecule has 2 amide bonds. The fraction of sp³-hybridized carbons (Fsp3) is 0.444. The minimum absolute atomic E-state index is 0.0182. The Hall–Kier alpha value is -3.39. The smallest absolute Gasteiger partial charge is 0.407 e. The number of likely N-dealkylation sites (tertiary alicyclic amines) is 1. The molecule has 1 unspecified atom stereocenters. The topological polar surface area (TPSA) is 105 Å². The molecule has 2 aliphatic carbocycles. The van der Waals surface area contributed by atoms with Gasteiger partial charge in [0.15, 0.2) is 5.60 Å². The van der Waals surface area contributed by atoms with Gasteiger partial charge in [0.25, 0.3) is 0 Å². The third-order valence-corrected chi connectivity index (χ3v) is 7.98. The molecule has 5 rings (SSSR count). The van der Waals surface area contributed by atoms with Gasteiger partial charge in [0.1, 0.15) is 6.61 Å². The first-order chi connectivity index (χ1) is 16.9. The number of ether oxygens (including phenoxy) is 2. The summed E-state index contributed by atoms with van der Waals surface area (Å²) in [5, 5.41) is 12.4. The van der Waals surface area contributed by atoms with Gasteiger partial charge in [-0.3, -0.25) is 4.79 Å². The van der Waals surface area contributed by atoms with E-state index in [1.165, 1.54) is 7.11 Å². The maximum Gasteiger partial charge on any atom is 0.407 e. The molecule has 2 aromatic carbocycles. The SMILES string of the molecule is COC1(C(=O)O)CCN(C(=O)C2(CNC(=O)OCC3c4ccccc4-c4ccccc43)CCC2)C1. The maximum atomic E-state index is 13.3. The van der Waals surface area contributed by atoms with E-state index in [4.69, 9.17) is 9.47 Å². The predicted octanol–water partition coefficient (Wildman–Crippen LogP) is 3.40. The van der Waals surface area contributed by atoms with Crippen LogP contribution in [-0.2, 0) is 19.1 Å². The third-order valence-electron chi connectivity index (χ3n) is 7.98. The zero-order valence-electron chi connectivity index (χ0n) is 19.8. The first-order valence-electron chi connectivity index (χ1n) is 12.1. The van der Waals surface area contributed by atoms with Crippen molar-refractivity contribution in [1.82, 2.24) is 10.2 Å². The van der Waals surface area contributed by atoms with E-state index in [9.17, 15) is 19.5 Å². The highest BCUT2D eigenvalue weighted by molar-refractivity contribution is 5.87. The Labute approximate surface area is 204 Å². The van der Waals surface area contributed by atoms with Crippen molar-refractivity contribution in [3.05, 3.63) is 59.7 Å². The molecule has 1 saturated carbocycles. The van der Waals surface area contributed by atoms with Crippen LogP contribution < -0.4 is 5.32 Å². The summed E-state index contributed by atoms with van der Waals surface area (Å²) in [7, 11) is 1.36. The molecular formula is C27H30N2O6. The number of nitrogens with one attached hydrogen (secondary N) is 1. The maximum absolute atomic E-state index is 13.3. The molecule has 1 aliphatic heterocycles. The van der Waals surface area contributed by atoms with E-state index in [0.717, 1.165) is 28.7 Å². The fourth-order valence-electron chi connectivity index (χ4n) is 5.68. The molecule has 35 heavy (non-hydrogen) atoms. The summed E-state index contributed by atoms with van der Waals surface area (Å²) in [5.74, 6) is -1.21. The molecule has 8 nitrogen and oxygen atoms in total. The van der Waals surface area contributed by atoms with E-state index < -0.39 is 23.1 Å². The van der Waals surface area contributed by atoms with Crippen LogP contribution >= 0.6 is 0 Å². The van der Waals surface area contributed by atoms with E-state index in [1.807, 2.05) is 24.3 Å². The van der Waals surface area contributed by atoms with Crippen LogP contribution in [-0.4, -0.2) is 66.9 Å². The standard InChI is InChI=1S/C27H30N2O6/c1-34-27(24(31)32)13-14-29(17-27)23(30)26(11-6-12-26)16-28-25(33)35-15-22-20-9-4-2-7-18(20)19-8-3-5-10-21(19)22/h2-5,7-10,22H,6,11-17H2,1H3,(H,28,33)(H,31,32). The zero-order chi connectivity index (χ0) is 24.6. The lowest BCUT2D eigenvalue weighted by Gasteiger charge is -2.42. The molecule has 184 valence electrons. The summed E-state index contributed by atoms with van der Waals surface area (Å²) >= 11 is 0. The number of carboxylic acids is 1. The average molecular weight is 479 g/mol. The molecule has 2 fully saturated rings. The number of hydrogen-bond acceptors (Lipinski definition) is 5. The Morgan fingerprint density at radius 1 is 1.03 bits per heavy atom. The molecular weight excluding hydrogens is 448 g/mol. The lowest BCUT2D eigenvalue weighted by atomic mass is 9.67. The number of hydrogen-bond donors (Lipinski definition) is 2. The summed E-state index contributed by atoms with van der Waals surface area (Å²) in [4.78, 5) is 39.2. The number of carbonyl (C=O) groups excluding carboxylic acids is 2. The Kier molecular flexibility index (Phi) is 6.01. The number of methoxy groups -OCH3 is 1. The monoisotopic (exact) mass is 478 g/mol. The first-order valence-corrected chi connectivity index (χ1v) is 12.1. The molecule has 8 heteroatoms. The molecule has 0 bridgehead atoms. The van der Waals surface area contributed by atoms with E-state index in [2.05, 4.69) is 29.6 Å². The lowest BCUT2D eigenvalue weighted by Crippen LogP contribution is -2.54. The van der Waals surface area contributed by atoms with E-state index in [0.29, 0.717) is 19.4 Å². The largest absolute Gasteiger partial charge is 0.479 e. The number of carboxylic acid groups (broad SMARTS) is 1. The second kappa shape index (κ2) is 9.00. The zero-order valence-corrected chi connectivity index (χ0v) is 19.8. The number of alkyl carbamates (subject to hydrolysis) is 1. The van der Waals surface area contributed by atoms with Crippen molar-refractivity contribution < 1.29 is 29.0 Å². The van der Waals surface area contributed by atoms with Crippen molar-refractivity contribution in [2.24, 2.45) is 5.41 Å². The van der Waals surface area contributed by atoms with Crippen LogP contribution in [0, 0.1) is 5.41 Å². The number of rotatable bonds is 7. The molecule has 0 aromatic heterocycles. The Morgan fingerprint density at radius 3 is 2.17 bits per heavy atom. The Balaban J connectivity index is 1.20. The summed E-state index contributed by atoms with van der Waals surface area (Å²) < 4.78 is 10.9. The summed E-state index contributed by atoms with van der Waals surface area (Å²) in [6.07, 6.45) is 1.89. The van der Waals surface area contributed by atoms with Gasteiger partial charge in [0, 0.05) is 32.5 Å². The number of nitrogens with zero attached hydrogens (tertiary/aromatic N) is 1. The Morgan fingerprint density at radius 2 is 1.66 bits per heavy atom. The number of carbonyl (C=O) groups is 3. The van der Waals surface area contributed by atoms with Crippen LogP contribution in [0.2, 0.25) is 0 Å². The first kappa shape index (κ1) is 23.4. The van der Waals surface area contributed by atoms with Gasteiger partial charge in [0.05, 0.1) is 12.0 Å². The van der Waals surface area contributed by atoms with Crippen LogP contribution in [0.4, 0.5) is 4.79 Å². The van der Waals surface area contributed by atoms with Crippen molar-refractivity contribution in [2.45, 2.75) is 37.2 Å². The van der Waals surface area contributed by atoms with Crippen molar-refractivity contribution in [3.63, 3.8) is 0 Å². The van der Waals surface area contributed by atoms with Crippen molar-refractivity contribution in [3.8, 4) is 11.1 Å². The van der Waals surface area contributed by atoms with Gasteiger partial charge >= 0.3 is 12.1 Å². The molecule has 1 heterocycles. The molecule has 1 saturated heterocycles. The summed E-state index contributed by atoms with van der Waals surface area (Å²) in [6, 6.07) is 16.3. The fourth-order valence-corrected chi connectivity index (χ4v) is 5.68. The minimum atomic E-state index is -1.36. The van der Waals surface area contributed by atoms with Crippen LogP contribution in [0.15, 0.2) is 48.5 Å². The third kappa shape index (κ3) is 3.95. The summed E-state index contributed by atoms with van der Waals surface area (Å²) in [6.45, 7) is 0.726. The Bertz CT molecular complexity index is 1110. The van der Waals surface area contributed by atoms with E-state index >= 15 is 0 Å². The van der Waals surface area contributed by atoms with Gasteiger partial charge < -0.3 is 24.8 Å². The number of aliphatic carboxylic acids is 1. The van der Waals surface area contributed by atoms with Crippen molar-refractivity contribution in [1.29, 1.82) is 0 Å². The molecule has 0 radical (unpaired) electrons. The highest BCUT2D eigenvalue weighted by Gasteiger charge is 2.52. The van der Waals surface area contributed by atoms with Gasteiger partial charge in [-0.2, -0.15) is 0 Å². The van der Waals surface area contributed by atoms with Gasteiger partial charge in [-0.05, 0) is 35.1 Å². The lowest BCUT2D eigenvalue weighted by molar-refractivity contribution is -0.162. The predicted molar refractivity (Wildman–Crippen MR) is 128 cm³/mol. The van der Waals surface area contributed by atoms with Crippen molar-refractivity contribution >= 4 is 18.0 Å². The quantitative estimate of drug-likeness (QED) is 0.632. The average Bonchev–Trinajstić information content (AvgIpc) is 3.43. The highest BCUT2D eigenvalue weighted by atomic mass is 16.5. The second-order valence-electron chi connectivity index (χ2n) is 9.79. The van der Waals surface area contributed by atoms with E-state index in [-0.39, 0.29) is 37.9 Å². The molecule has 2 N–H and O–H groups in total. The number of amides is 2. The summed E-state index contributed by atoms with van der Waals surface area (Å²) in [5.41, 5.74) is 2.53. The highest BCUT2D eigenvalue weighted by Crippen LogP contribution is 2.45. The van der Waals surface area contributed by atoms with Crippen LogP contribution in [0.3, 0.4) is 0 Å². The molecule has 3 aliphatic rings. The van der Waals surface area contributed by atoms with Crippen LogP contribution in [0.1, 0.15) is 42.7 Å². The normalized spacial score (nSPS) is 22.1. The van der Waals surface area contributed by atoms with Crippen LogP contribution in [0.5, 0.6) is 0 Å². The van der Waals surface area contributed by atoms with E-state index in [1.54, 1.807) is 4.90 Å². The van der Waals surface area contributed by atoms with Gasteiger partial charge in [-0.25, -0.2) is 9.59 Å². The minimum Gasteiger partial charge on any atom is -0.479 e. The van der Waals surface area contributed by atoms with Gasteiger partial charge in [-0.15, -0.1) is 0 Å². The number of fused-ring (bicyclic) bond motifs is 3. The second-order valence-corrected chi connectivity index (χ2v) is 9.79. The molecule has 1 atom stereocenters. The van der Waals surface area contributed by atoms with Gasteiger partial charge in [-0.1, -0.05) is 55.0 Å². The van der Waals surface area contributed by atoms with Crippen molar-refractivity contribution in [2.75, 3.05) is 33.4 Å². The molecule has 0 spiro atoms. The van der Waals surface area contributed by atoms with Gasteiger partial charge in [0.2, 0.25) is 5.91 Å².